The van der Waals surface area contributed by atoms with Gasteiger partial charge in [-0.05, 0) is 48.2 Å². The van der Waals surface area contributed by atoms with E-state index in [1.54, 1.807) is 30.3 Å². The largest absolute Gasteiger partial charge is 0.341 e. The average molecular weight is 442 g/mol. The number of hydrogen-bond donors (Lipinski definition) is 0. The first-order chi connectivity index (χ1) is 14.8. The van der Waals surface area contributed by atoms with E-state index in [9.17, 15) is 14.0 Å². The van der Waals surface area contributed by atoms with Crippen molar-refractivity contribution in [3.8, 4) is 5.69 Å². The number of rotatable bonds is 8. The normalized spacial score (nSPS) is 11.5. The minimum absolute atomic E-state index is 0.0143. The second kappa shape index (κ2) is 10.1. The Balaban J connectivity index is 1.97. The molecule has 0 unspecified atom stereocenters. The molecule has 0 bridgehead atoms. The molecule has 0 aliphatic rings. The number of thioether (sulfide) groups is 1. The monoisotopic (exact) mass is 441 g/mol. The van der Waals surface area contributed by atoms with Crippen molar-refractivity contribution in [2.45, 2.75) is 32.9 Å². The van der Waals surface area contributed by atoms with Crippen LogP contribution >= 0.6 is 11.8 Å². The number of fused-ring (bicyclic) bond motifs is 1. The molecule has 0 radical (unpaired) electrons. The molecular weight excluding hydrogens is 413 g/mol. The highest BCUT2D eigenvalue weighted by Crippen LogP contribution is 2.22. The SMILES string of the molecule is CC(C)CN(CC(C)C)C(=O)CSc1nc2ccccc2c(=O)n1-c1ccc(F)cc1. The third-order valence-corrected chi connectivity index (χ3v) is 5.60. The van der Waals surface area contributed by atoms with Gasteiger partial charge in [0.2, 0.25) is 5.91 Å². The van der Waals surface area contributed by atoms with E-state index in [2.05, 4.69) is 32.7 Å². The number of nitrogens with zero attached hydrogens (tertiary/aromatic N) is 3. The number of carbonyl (C=O) groups is 1. The van der Waals surface area contributed by atoms with Crippen LogP contribution in [0.1, 0.15) is 27.7 Å². The Hall–Kier alpha value is -2.67. The Morgan fingerprint density at radius 3 is 2.26 bits per heavy atom. The molecule has 0 aliphatic carbocycles. The molecule has 1 heterocycles. The zero-order valence-electron chi connectivity index (χ0n) is 18.3. The molecule has 1 aromatic heterocycles. The Labute approximate surface area is 186 Å². The van der Waals surface area contributed by atoms with Gasteiger partial charge in [-0.1, -0.05) is 51.6 Å². The van der Waals surface area contributed by atoms with E-state index in [1.165, 1.54) is 28.5 Å². The summed E-state index contributed by atoms with van der Waals surface area (Å²) in [6.45, 7) is 9.73. The maximum Gasteiger partial charge on any atom is 0.266 e. The van der Waals surface area contributed by atoms with E-state index >= 15 is 0 Å². The van der Waals surface area contributed by atoms with Crippen molar-refractivity contribution in [1.29, 1.82) is 0 Å². The fraction of sp³-hybridized carbons (Fsp3) is 0.375. The van der Waals surface area contributed by atoms with Crippen LogP contribution in [-0.2, 0) is 4.79 Å². The van der Waals surface area contributed by atoms with Gasteiger partial charge in [0.1, 0.15) is 5.82 Å². The summed E-state index contributed by atoms with van der Waals surface area (Å²) in [6, 6.07) is 12.8. The number of para-hydroxylation sites is 1. The zero-order chi connectivity index (χ0) is 22.5. The molecule has 31 heavy (non-hydrogen) atoms. The van der Waals surface area contributed by atoms with Gasteiger partial charge in [-0.3, -0.25) is 14.2 Å². The van der Waals surface area contributed by atoms with Crippen molar-refractivity contribution in [3.05, 3.63) is 64.7 Å². The molecule has 0 saturated carbocycles. The maximum atomic E-state index is 13.4. The summed E-state index contributed by atoms with van der Waals surface area (Å²) in [7, 11) is 0. The van der Waals surface area contributed by atoms with Crippen molar-refractivity contribution in [1.82, 2.24) is 14.5 Å². The van der Waals surface area contributed by atoms with Crippen LogP contribution in [0, 0.1) is 17.7 Å². The number of carbonyl (C=O) groups excluding carboxylic acids is 1. The van der Waals surface area contributed by atoms with Gasteiger partial charge >= 0.3 is 0 Å². The summed E-state index contributed by atoms with van der Waals surface area (Å²) >= 11 is 1.23. The Kier molecular flexibility index (Phi) is 7.49. The van der Waals surface area contributed by atoms with Gasteiger partial charge in [-0.2, -0.15) is 0 Å². The van der Waals surface area contributed by atoms with Crippen molar-refractivity contribution in [2.24, 2.45) is 11.8 Å². The highest BCUT2D eigenvalue weighted by atomic mass is 32.2. The van der Waals surface area contributed by atoms with Crippen molar-refractivity contribution in [2.75, 3.05) is 18.8 Å². The highest BCUT2D eigenvalue weighted by molar-refractivity contribution is 7.99. The summed E-state index contributed by atoms with van der Waals surface area (Å²) in [6.07, 6.45) is 0. The molecule has 0 aliphatic heterocycles. The van der Waals surface area contributed by atoms with Crippen LogP contribution < -0.4 is 5.56 Å². The summed E-state index contributed by atoms with van der Waals surface area (Å²) in [4.78, 5) is 32.7. The minimum Gasteiger partial charge on any atom is -0.341 e. The number of aromatic nitrogens is 2. The lowest BCUT2D eigenvalue weighted by atomic mass is 10.1. The number of halogens is 1. The van der Waals surface area contributed by atoms with Gasteiger partial charge < -0.3 is 4.90 Å². The van der Waals surface area contributed by atoms with E-state index in [1.807, 2.05) is 11.0 Å². The molecule has 0 N–H and O–H groups in total. The topological polar surface area (TPSA) is 55.2 Å². The molecule has 0 spiro atoms. The molecule has 164 valence electrons. The van der Waals surface area contributed by atoms with Crippen LogP contribution in [0.3, 0.4) is 0 Å². The van der Waals surface area contributed by atoms with Gasteiger partial charge in [-0.25, -0.2) is 9.37 Å². The predicted molar refractivity (Wildman–Crippen MR) is 124 cm³/mol. The van der Waals surface area contributed by atoms with Gasteiger partial charge in [0.15, 0.2) is 5.16 Å². The first-order valence-corrected chi connectivity index (χ1v) is 11.4. The number of hydrogen-bond acceptors (Lipinski definition) is 4. The smallest absolute Gasteiger partial charge is 0.266 e. The summed E-state index contributed by atoms with van der Waals surface area (Å²) in [5.41, 5.74) is 0.844. The number of benzene rings is 2. The molecule has 2 aromatic carbocycles. The molecule has 1 amide bonds. The van der Waals surface area contributed by atoms with E-state index in [0.29, 0.717) is 46.7 Å². The molecule has 0 fully saturated rings. The summed E-state index contributed by atoms with van der Waals surface area (Å²) < 4.78 is 14.9. The quantitative estimate of drug-likeness (QED) is 0.374. The van der Waals surface area contributed by atoms with Crippen molar-refractivity contribution in [3.63, 3.8) is 0 Å². The van der Waals surface area contributed by atoms with E-state index in [0.717, 1.165) is 0 Å². The van der Waals surface area contributed by atoms with Crippen molar-refractivity contribution < 1.29 is 9.18 Å². The van der Waals surface area contributed by atoms with Crippen LogP contribution in [-0.4, -0.2) is 39.2 Å². The van der Waals surface area contributed by atoms with E-state index < -0.39 is 0 Å². The van der Waals surface area contributed by atoms with Gasteiger partial charge in [0.05, 0.1) is 22.3 Å². The number of amides is 1. The molecular formula is C24H28FN3O2S. The lowest BCUT2D eigenvalue weighted by molar-refractivity contribution is -0.129. The molecule has 0 atom stereocenters. The molecule has 5 nitrogen and oxygen atoms in total. The second-order valence-electron chi connectivity index (χ2n) is 8.40. The molecule has 7 heteroatoms. The third-order valence-electron chi connectivity index (χ3n) is 4.68. The van der Waals surface area contributed by atoms with Gasteiger partial charge in [0, 0.05) is 13.1 Å². The third kappa shape index (κ3) is 5.73. The summed E-state index contributed by atoms with van der Waals surface area (Å²) in [5, 5.41) is 0.890. The molecule has 3 rings (SSSR count). The van der Waals surface area contributed by atoms with E-state index in [-0.39, 0.29) is 23.0 Å². The fourth-order valence-corrected chi connectivity index (χ4v) is 4.32. The Bertz CT molecular complexity index is 1100. The first-order valence-electron chi connectivity index (χ1n) is 10.4. The Morgan fingerprint density at radius 1 is 1.03 bits per heavy atom. The van der Waals surface area contributed by atoms with Crippen LogP contribution in [0.15, 0.2) is 58.5 Å². The summed E-state index contributed by atoms with van der Waals surface area (Å²) in [5.74, 6) is 0.534. The van der Waals surface area contributed by atoms with Crippen LogP contribution in [0.25, 0.3) is 16.6 Å². The van der Waals surface area contributed by atoms with Crippen molar-refractivity contribution >= 4 is 28.6 Å². The van der Waals surface area contributed by atoms with Crippen LogP contribution in [0.5, 0.6) is 0 Å². The van der Waals surface area contributed by atoms with Gasteiger partial charge in [-0.15, -0.1) is 0 Å². The van der Waals surface area contributed by atoms with Crippen LogP contribution in [0.2, 0.25) is 0 Å². The zero-order valence-corrected chi connectivity index (χ0v) is 19.2. The maximum absolute atomic E-state index is 13.4. The minimum atomic E-state index is -0.382. The lowest BCUT2D eigenvalue weighted by Crippen LogP contribution is -2.38. The average Bonchev–Trinajstić information content (AvgIpc) is 2.72. The van der Waals surface area contributed by atoms with Gasteiger partial charge in [0.25, 0.3) is 5.56 Å². The fourth-order valence-electron chi connectivity index (χ4n) is 3.40. The lowest BCUT2D eigenvalue weighted by Gasteiger charge is -2.26. The Morgan fingerprint density at radius 2 is 1.65 bits per heavy atom. The molecule has 3 aromatic rings. The highest BCUT2D eigenvalue weighted by Gasteiger charge is 2.19. The second-order valence-corrected chi connectivity index (χ2v) is 9.35. The van der Waals surface area contributed by atoms with E-state index in [4.69, 9.17) is 0 Å². The first kappa shape index (κ1) is 23.0. The standard InChI is InChI=1S/C24H28FN3O2S/c1-16(2)13-27(14-17(3)4)22(29)15-31-24-26-21-8-6-5-7-20(21)23(30)28(24)19-11-9-18(25)10-12-19/h5-12,16-17H,13-15H2,1-4H3. The predicted octanol–water partition coefficient (Wildman–Crippen LogP) is 4.76. The van der Waals surface area contributed by atoms with Crippen LogP contribution in [0.4, 0.5) is 4.39 Å². The molecule has 0 saturated heterocycles.